The smallest absolute Gasteiger partial charge is 0.326 e. The molecule has 69 heavy (non-hydrogen) atoms. The van der Waals surface area contributed by atoms with Crippen LogP contribution in [0.4, 0.5) is 0 Å². The Bertz CT molecular complexity index is 1760. The summed E-state index contributed by atoms with van der Waals surface area (Å²) in [5.74, 6) is -11.0. The Labute approximate surface area is 403 Å². The molecule has 0 heterocycles. The van der Waals surface area contributed by atoms with Crippen molar-refractivity contribution in [1.29, 1.82) is 0 Å². The van der Waals surface area contributed by atoms with Crippen molar-refractivity contribution >= 4 is 65.0 Å². The van der Waals surface area contributed by atoms with Gasteiger partial charge in [0.25, 0.3) is 0 Å². The Morgan fingerprint density at radius 2 is 0.667 bits per heavy atom. The van der Waals surface area contributed by atoms with E-state index in [2.05, 4.69) is 47.9 Å². The third-order valence-electron chi connectivity index (χ3n) is 10.00. The number of nitrogens with one attached hydrogen (secondary N) is 9. The number of amides is 10. The second-order valence-corrected chi connectivity index (χ2v) is 19.1. The van der Waals surface area contributed by atoms with Crippen LogP contribution in [0.25, 0.3) is 0 Å². The highest BCUT2D eigenvalue weighted by Crippen LogP contribution is 2.12. The number of rotatable bonds is 33. The van der Waals surface area contributed by atoms with Gasteiger partial charge in [-0.15, -0.1) is 0 Å². The molecule has 0 aliphatic heterocycles. The molecule has 10 amide bonds. The molecule has 0 bridgehead atoms. The topological polar surface area (TPSA) is 409 Å². The summed E-state index contributed by atoms with van der Waals surface area (Å²) in [7, 11) is 0. The van der Waals surface area contributed by atoms with Gasteiger partial charge < -0.3 is 74.6 Å². The lowest BCUT2D eigenvalue weighted by atomic mass is 10.00. The molecule has 394 valence electrons. The van der Waals surface area contributed by atoms with E-state index in [1.54, 1.807) is 55.4 Å². The lowest BCUT2D eigenvalue weighted by molar-refractivity contribution is -0.143. The molecular weight excluding hydrogens is 907 g/mol. The monoisotopic (exact) mass is 986 g/mol. The number of nitrogens with two attached hydrogens (primary N) is 2. The van der Waals surface area contributed by atoms with Crippen LogP contribution in [-0.4, -0.2) is 155 Å². The van der Waals surface area contributed by atoms with E-state index in [0.29, 0.717) is 0 Å². The summed E-state index contributed by atoms with van der Waals surface area (Å²) in [6.07, 6.45) is -0.312. The largest absolute Gasteiger partial charge is 0.480 e. The molecule has 0 unspecified atom stereocenters. The zero-order valence-electron chi connectivity index (χ0n) is 41.6. The normalized spacial score (nSPS) is 14.8. The quantitative estimate of drug-likeness (QED) is 0.0299. The van der Waals surface area contributed by atoms with Gasteiger partial charge in [0, 0.05) is 0 Å². The van der Waals surface area contributed by atoms with Gasteiger partial charge in [0.05, 0.1) is 32.7 Å². The van der Waals surface area contributed by atoms with E-state index >= 15 is 0 Å². The minimum Gasteiger partial charge on any atom is -0.480 e. The third-order valence-corrected chi connectivity index (χ3v) is 10.00. The molecule has 0 radical (unpaired) electrons. The second kappa shape index (κ2) is 32.0. The Morgan fingerprint density at radius 3 is 1.00 bits per heavy atom. The minimum atomic E-state index is -1.72. The van der Waals surface area contributed by atoms with Crippen molar-refractivity contribution in [2.75, 3.05) is 26.3 Å². The maximum Gasteiger partial charge on any atom is 0.326 e. The highest BCUT2D eigenvalue weighted by Gasteiger charge is 2.34. The highest BCUT2D eigenvalue weighted by atomic mass is 16.4. The van der Waals surface area contributed by atoms with Crippen molar-refractivity contribution in [1.82, 2.24) is 47.9 Å². The van der Waals surface area contributed by atoms with Gasteiger partial charge in [0.15, 0.2) is 0 Å². The number of primary amides is 1. The van der Waals surface area contributed by atoms with Crippen molar-refractivity contribution < 1.29 is 68.1 Å². The molecule has 25 nitrogen and oxygen atoms in total. The SMILES string of the molecule is CC(C)C[C@H](NC(=O)[C@H](CC(N)=O)NC(=O)[C@H](CC(C)C)NC(=O)CNC(=O)[C@H](CC(C)C)NC(=O)[C@H](CO)NC(=O)[C@H](CO)NC(=O)[C@H](CC(C)C)NC(=O)[C@H](CC(C)C)NC(=O)CN)C(=O)O. The fraction of sp³-hybridized carbons (Fsp3) is 0.750. The summed E-state index contributed by atoms with van der Waals surface area (Å²) in [5.41, 5.74) is 10.7. The standard InChI is InChI=1S/C44H79N11O14/c1-21(2)11-26(37(61)47-18-36(60)49-28(13-23(5)6)39(63)52-30(16-34(46)58)41(65)53-31(44(68)69)15-25(9)10)50-42(66)32(19-56)55-43(67)33(20-57)54-40(64)29(14-24(7)8)51-38(62)27(12-22(3)4)48-35(59)17-45/h21-33,56-57H,11-20,45H2,1-10H3,(H2,46,58)(H,47,61)(H,48,59)(H,49,60)(H,50,66)(H,51,62)(H,52,63)(H,53,65)(H,54,64)(H,55,67)(H,68,69)/t26-,27-,28-,29-,30-,31-,32-,33-/m0/s1. The van der Waals surface area contributed by atoms with Gasteiger partial charge in [-0.2, -0.15) is 0 Å². The molecule has 0 rings (SSSR count). The number of carboxylic acid groups (broad SMARTS) is 1. The number of hydrogen-bond acceptors (Lipinski definition) is 14. The molecule has 0 saturated heterocycles. The molecule has 0 spiro atoms. The molecule has 25 heteroatoms. The molecule has 16 N–H and O–H groups in total. The predicted molar refractivity (Wildman–Crippen MR) is 250 cm³/mol. The molecule has 0 saturated carbocycles. The van der Waals surface area contributed by atoms with Gasteiger partial charge in [-0.25, -0.2) is 4.79 Å². The first-order valence-corrected chi connectivity index (χ1v) is 23.2. The number of aliphatic carboxylic acids is 1. The number of carbonyl (C=O) groups is 11. The minimum absolute atomic E-state index is 0.000895. The first-order valence-electron chi connectivity index (χ1n) is 23.2. The van der Waals surface area contributed by atoms with Crippen LogP contribution < -0.4 is 59.3 Å². The molecule has 0 aromatic rings. The van der Waals surface area contributed by atoms with Crippen molar-refractivity contribution in [2.24, 2.45) is 41.1 Å². The summed E-state index contributed by atoms with van der Waals surface area (Å²) in [4.78, 5) is 142. The zero-order valence-corrected chi connectivity index (χ0v) is 41.6. The van der Waals surface area contributed by atoms with E-state index in [1.807, 2.05) is 13.8 Å². The number of aliphatic hydroxyl groups excluding tert-OH is 2. The van der Waals surface area contributed by atoms with Crippen LogP contribution in [0, 0.1) is 29.6 Å². The van der Waals surface area contributed by atoms with Crippen LogP contribution in [0.3, 0.4) is 0 Å². The van der Waals surface area contributed by atoms with E-state index < -0.39 is 140 Å². The number of hydrogen-bond donors (Lipinski definition) is 14. The summed E-state index contributed by atoms with van der Waals surface area (Å²) in [6.45, 7) is 14.5. The molecule has 0 aromatic heterocycles. The van der Waals surface area contributed by atoms with Crippen molar-refractivity contribution in [3.05, 3.63) is 0 Å². The Hall–Kier alpha value is -5.95. The van der Waals surface area contributed by atoms with Crippen molar-refractivity contribution in [3.63, 3.8) is 0 Å². The lowest BCUT2D eigenvalue weighted by Gasteiger charge is -2.27. The molecule has 0 aromatic carbocycles. The molecule has 8 atom stereocenters. The maximum atomic E-state index is 13.5. The first kappa shape index (κ1) is 63.0. The van der Waals surface area contributed by atoms with Crippen LogP contribution >= 0.6 is 0 Å². The van der Waals surface area contributed by atoms with E-state index in [1.165, 1.54) is 0 Å². The molecular formula is C44H79N11O14. The Balaban J connectivity index is 5.99. The summed E-state index contributed by atoms with van der Waals surface area (Å²) in [6, 6.07) is -11.2. The number of aliphatic hydroxyl groups is 2. The summed E-state index contributed by atoms with van der Waals surface area (Å²) < 4.78 is 0. The van der Waals surface area contributed by atoms with Crippen LogP contribution in [0.15, 0.2) is 0 Å². The van der Waals surface area contributed by atoms with Crippen LogP contribution in [0.5, 0.6) is 0 Å². The Kier molecular flexibility index (Phi) is 29.2. The van der Waals surface area contributed by atoms with Gasteiger partial charge in [-0.05, 0) is 61.7 Å². The van der Waals surface area contributed by atoms with Gasteiger partial charge in [0.1, 0.15) is 48.3 Å². The van der Waals surface area contributed by atoms with Gasteiger partial charge >= 0.3 is 5.97 Å². The molecule has 0 aliphatic rings. The summed E-state index contributed by atoms with van der Waals surface area (Å²) in [5, 5.41) is 51.4. The zero-order chi connectivity index (χ0) is 53.3. The van der Waals surface area contributed by atoms with E-state index in [9.17, 15) is 68.1 Å². The number of carboxylic acids is 1. The van der Waals surface area contributed by atoms with E-state index in [4.69, 9.17) is 11.5 Å². The van der Waals surface area contributed by atoms with Crippen LogP contribution in [0.1, 0.15) is 108 Å². The van der Waals surface area contributed by atoms with Crippen molar-refractivity contribution in [2.45, 2.75) is 156 Å². The summed E-state index contributed by atoms with van der Waals surface area (Å²) >= 11 is 0. The third kappa shape index (κ3) is 25.8. The van der Waals surface area contributed by atoms with Crippen molar-refractivity contribution in [3.8, 4) is 0 Å². The lowest BCUT2D eigenvalue weighted by Crippen LogP contribution is -2.61. The van der Waals surface area contributed by atoms with Crippen LogP contribution in [-0.2, 0) is 52.7 Å². The predicted octanol–water partition coefficient (Wildman–Crippen LogP) is -3.89. The van der Waals surface area contributed by atoms with E-state index in [0.717, 1.165) is 0 Å². The van der Waals surface area contributed by atoms with Gasteiger partial charge in [-0.1, -0.05) is 69.2 Å². The fourth-order valence-corrected chi connectivity index (χ4v) is 6.73. The second-order valence-electron chi connectivity index (χ2n) is 19.1. The number of carbonyl (C=O) groups excluding carboxylic acids is 10. The van der Waals surface area contributed by atoms with Gasteiger partial charge in [-0.3, -0.25) is 47.9 Å². The van der Waals surface area contributed by atoms with Gasteiger partial charge in [0.2, 0.25) is 59.1 Å². The molecule has 0 aliphatic carbocycles. The highest BCUT2D eigenvalue weighted by molar-refractivity contribution is 5.98. The van der Waals surface area contributed by atoms with E-state index in [-0.39, 0.29) is 68.2 Å². The van der Waals surface area contributed by atoms with Crippen LogP contribution in [0.2, 0.25) is 0 Å². The fourth-order valence-electron chi connectivity index (χ4n) is 6.73. The first-order chi connectivity index (χ1) is 32.0. The molecule has 0 fully saturated rings. The average molecular weight is 986 g/mol. The maximum absolute atomic E-state index is 13.5. The Morgan fingerprint density at radius 1 is 0.391 bits per heavy atom. The average Bonchev–Trinajstić information content (AvgIpc) is 3.23.